The van der Waals surface area contributed by atoms with Crippen molar-refractivity contribution in [1.82, 2.24) is 0 Å². The molecule has 88 valence electrons. The highest BCUT2D eigenvalue weighted by Gasteiger charge is 2.06. The molecule has 0 heterocycles. The van der Waals surface area contributed by atoms with Crippen molar-refractivity contribution in [2.24, 2.45) is 5.92 Å². The van der Waals surface area contributed by atoms with Crippen LogP contribution in [0.3, 0.4) is 0 Å². The lowest BCUT2D eigenvalue weighted by atomic mass is 10.1. The molecule has 0 fully saturated rings. The second kappa shape index (κ2) is 6.31. The molecule has 1 rings (SSSR count). The lowest BCUT2D eigenvalue weighted by molar-refractivity contribution is 0.0494. The van der Waals surface area contributed by atoms with Gasteiger partial charge in [0, 0.05) is 0 Å². The molecule has 2 nitrogen and oxygen atoms in total. The zero-order valence-corrected chi connectivity index (χ0v) is 10.3. The molecule has 0 spiro atoms. The van der Waals surface area contributed by atoms with Crippen LogP contribution in [0.5, 0.6) is 0 Å². The van der Waals surface area contributed by atoms with Crippen molar-refractivity contribution in [3.8, 4) is 0 Å². The van der Waals surface area contributed by atoms with E-state index in [9.17, 15) is 4.79 Å². The molecule has 2 heteroatoms. The monoisotopic (exact) mass is 220 g/mol. The van der Waals surface area contributed by atoms with E-state index >= 15 is 0 Å². The molecule has 0 aliphatic carbocycles. The molecule has 0 unspecified atom stereocenters. The summed E-state index contributed by atoms with van der Waals surface area (Å²) in [5.41, 5.74) is 1.72. The van der Waals surface area contributed by atoms with E-state index < -0.39 is 0 Å². The lowest BCUT2D eigenvalue weighted by Gasteiger charge is -2.06. The summed E-state index contributed by atoms with van der Waals surface area (Å²) in [7, 11) is 0. The maximum absolute atomic E-state index is 11.6. The summed E-state index contributed by atoms with van der Waals surface area (Å²) in [5, 5.41) is 0. The van der Waals surface area contributed by atoms with Gasteiger partial charge in [0.05, 0.1) is 12.2 Å². The van der Waals surface area contributed by atoms with Crippen molar-refractivity contribution < 1.29 is 9.53 Å². The minimum atomic E-state index is -0.215. The summed E-state index contributed by atoms with van der Waals surface area (Å²) in [5.74, 6) is 0.449. The second-order valence-electron chi connectivity index (χ2n) is 4.54. The van der Waals surface area contributed by atoms with Crippen LogP contribution in [0.1, 0.15) is 42.6 Å². The molecule has 0 radical (unpaired) electrons. The zero-order valence-electron chi connectivity index (χ0n) is 10.3. The first-order valence-corrected chi connectivity index (χ1v) is 5.83. The van der Waals surface area contributed by atoms with Crippen LogP contribution in [-0.2, 0) is 4.74 Å². The number of rotatable bonds is 5. The first-order chi connectivity index (χ1) is 7.59. The Morgan fingerprint density at radius 1 is 1.38 bits per heavy atom. The summed E-state index contributed by atoms with van der Waals surface area (Å²) in [4.78, 5) is 11.6. The second-order valence-corrected chi connectivity index (χ2v) is 4.54. The molecule has 0 bridgehead atoms. The van der Waals surface area contributed by atoms with E-state index in [1.165, 1.54) is 0 Å². The summed E-state index contributed by atoms with van der Waals surface area (Å²) in [6.45, 7) is 6.82. The van der Waals surface area contributed by atoms with Crippen molar-refractivity contribution in [2.45, 2.75) is 33.6 Å². The van der Waals surface area contributed by atoms with Crippen LogP contribution in [0.25, 0.3) is 0 Å². The number of esters is 1. The van der Waals surface area contributed by atoms with Gasteiger partial charge in [-0.2, -0.15) is 0 Å². The zero-order chi connectivity index (χ0) is 12.0. The maximum Gasteiger partial charge on any atom is 0.338 e. The average Bonchev–Trinajstić information content (AvgIpc) is 2.24. The van der Waals surface area contributed by atoms with Crippen molar-refractivity contribution in [3.63, 3.8) is 0 Å². The number of carbonyl (C=O) groups excluding carboxylic acids is 1. The summed E-state index contributed by atoms with van der Waals surface area (Å²) < 4.78 is 5.19. The van der Waals surface area contributed by atoms with Crippen LogP contribution >= 0.6 is 0 Å². The Morgan fingerprint density at radius 3 is 2.75 bits per heavy atom. The van der Waals surface area contributed by atoms with Crippen molar-refractivity contribution in [3.05, 3.63) is 35.4 Å². The summed E-state index contributed by atoms with van der Waals surface area (Å²) in [6.07, 6.45) is 2.04. The maximum atomic E-state index is 11.6. The van der Waals surface area contributed by atoms with E-state index in [1.54, 1.807) is 6.07 Å². The molecular weight excluding hydrogens is 200 g/mol. The third-order valence-corrected chi connectivity index (χ3v) is 2.41. The first-order valence-electron chi connectivity index (χ1n) is 5.83. The van der Waals surface area contributed by atoms with Crippen LogP contribution in [-0.4, -0.2) is 12.6 Å². The highest BCUT2D eigenvalue weighted by molar-refractivity contribution is 5.89. The minimum Gasteiger partial charge on any atom is -0.462 e. The standard InChI is InChI=1S/C14H20O2/c1-11(2)6-5-9-16-14(15)13-8-4-7-12(3)10-13/h4,7-8,10-11H,5-6,9H2,1-3H3. The van der Waals surface area contributed by atoms with Crippen LogP contribution in [0.15, 0.2) is 24.3 Å². The smallest absolute Gasteiger partial charge is 0.338 e. The van der Waals surface area contributed by atoms with E-state index in [-0.39, 0.29) is 5.97 Å². The van der Waals surface area contributed by atoms with E-state index in [2.05, 4.69) is 13.8 Å². The van der Waals surface area contributed by atoms with Crippen LogP contribution in [0.4, 0.5) is 0 Å². The van der Waals surface area contributed by atoms with Crippen molar-refractivity contribution in [1.29, 1.82) is 0 Å². The minimum absolute atomic E-state index is 0.215. The van der Waals surface area contributed by atoms with E-state index in [1.807, 2.05) is 25.1 Å². The normalized spacial score (nSPS) is 10.5. The SMILES string of the molecule is Cc1cccc(C(=O)OCCCC(C)C)c1. The topological polar surface area (TPSA) is 26.3 Å². The molecule has 0 aliphatic heterocycles. The number of hydrogen-bond acceptors (Lipinski definition) is 2. The molecule has 0 aliphatic rings. The Hall–Kier alpha value is -1.31. The number of aryl methyl sites for hydroxylation is 1. The fraction of sp³-hybridized carbons (Fsp3) is 0.500. The molecule has 1 aromatic carbocycles. The number of hydrogen-bond donors (Lipinski definition) is 0. The highest BCUT2D eigenvalue weighted by atomic mass is 16.5. The lowest BCUT2D eigenvalue weighted by Crippen LogP contribution is -2.07. The van der Waals surface area contributed by atoms with Gasteiger partial charge in [-0.25, -0.2) is 4.79 Å². The number of benzene rings is 1. The largest absolute Gasteiger partial charge is 0.462 e. The predicted molar refractivity (Wildman–Crippen MR) is 65.5 cm³/mol. The fourth-order valence-electron chi connectivity index (χ4n) is 1.51. The van der Waals surface area contributed by atoms with Gasteiger partial charge in [0.1, 0.15) is 0 Å². The molecule has 0 aromatic heterocycles. The van der Waals surface area contributed by atoms with E-state index in [4.69, 9.17) is 4.74 Å². The van der Waals surface area contributed by atoms with Gasteiger partial charge in [-0.1, -0.05) is 31.5 Å². The molecule has 0 amide bonds. The third kappa shape index (κ3) is 4.47. The van der Waals surface area contributed by atoms with Crippen molar-refractivity contribution >= 4 is 5.97 Å². The Bertz CT molecular complexity index is 342. The molecule has 0 N–H and O–H groups in total. The quantitative estimate of drug-likeness (QED) is 0.560. The van der Waals surface area contributed by atoms with Crippen molar-refractivity contribution in [2.75, 3.05) is 6.61 Å². The van der Waals surface area contributed by atoms with Crippen LogP contribution < -0.4 is 0 Å². The van der Waals surface area contributed by atoms with Gasteiger partial charge in [0.2, 0.25) is 0 Å². The van der Waals surface area contributed by atoms with Gasteiger partial charge in [0.15, 0.2) is 0 Å². The summed E-state index contributed by atoms with van der Waals surface area (Å²) in [6, 6.07) is 7.48. The number of carbonyl (C=O) groups is 1. The van der Waals surface area contributed by atoms with Gasteiger partial charge in [-0.15, -0.1) is 0 Å². The average molecular weight is 220 g/mol. The van der Waals surface area contributed by atoms with Gasteiger partial charge >= 0.3 is 5.97 Å². The molecule has 0 atom stereocenters. The Morgan fingerprint density at radius 2 is 2.12 bits per heavy atom. The van der Waals surface area contributed by atoms with E-state index in [0.29, 0.717) is 18.1 Å². The Kier molecular flexibility index (Phi) is 5.03. The van der Waals surface area contributed by atoms with Crippen LogP contribution in [0, 0.1) is 12.8 Å². The molecule has 16 heavy (non-hydrogen) atoms. The number of ether oxygens (including phenoxy) is 1. The Labute approximate surface area is 97.6 Å². The van der Waals surface area contributed by atoms with Gasteiger partial charge in [0.25, 0.3) is 0 Å². The first kappa shape index (κ1) is 12.8. The molecule has 0 saturated heterocycles. The molecule has 1 aromatic rings. The Balaban J connectivity index is 2.35. The predicted octanol–water partition coefficient (Wildman–Crippen LogP) is 3.59. The fourth-order valence-corrected chi connectivity index (χ4v) is 1.51. The van der Waals surface area contributed by atoms with Gasteiger partial charge in [-0.3, -0.25) is 0 Å². The molecule has 0 saturated carbocycles. The molecular formula is C14H20O2. The van der Waals surface area contributed by atoms with Gasteiger partial charge in [-0.05, 0) is 37.8 Å². The van der Waals surface area contributed by atoms with E-state index in [0.717, 1.165) is 18.4 Å². The summed E-state index contributed by atoms with van der Waals surface area (Å²) >= 11 is 0. The van der Waals surface area contributed by atoms with Crippen LogP contribution in [0.2, 0.25) is 0 Å². The highest BCUT2D eigenvalue weighted by Crippen LogP contribution is 2.07. The van der Waals surface area contributed by atoms with Gasteiger partial charge < -0.3 is 4.74 Å². The third-order valence-electron chi connectivity index (χ3n) is 2.41.